The van der Waals surface area contributed by atoms with Crippen LogP contribution >= 0.6 is 23.8 Å². The van der Waals surface area contributed by atoms with E-state index in [2.05, 4.69) is 0 Å². The molecule has 0 bridgehead atoms. The van der Waals surface area contributed by atoms with Crippen molar-refractivity contribution in [2.24, 2.45) is 5.73 Å². The minimum Gasteiger partial charge on any atom is -0.508 e. The van der Waals surface area contributed by atoms with Crippen molar-refractivity contribution in [1.29, 1.82) is 0 Å². The molecular weight excluding hydrogens is 335 g/mol. The van der Waals surface area contributed by atoms with Crippen LogP contribution in [0, 0.1) is 5.82 Å². The number of thiocarbonyl (C=S) groups is 1. The summed E-state index contributed by atoms with van der Waals surface area (Å²) in [7, 11) is 0. The number of rotatable bonds is 2. The van der Waals surface area contributed by atoms with Gasteiger partial charge in [-0.15, -0.1) is 0 Å². The van der Waals surface area contributed by atoms with Crippen LogP contribution in [0.5, 0.6) is 5.75 Å². The van der Waals surface area contributed by atoms with E-state index in [0.717, 1.165) is 10.8 Å². The van der Waals surface area contributed by atoms with Crippen molar-refractivity contribution in [3.8, 4) is 16.9 Å². The van der Waals surface area contributed by atoms with Gasteiger partial charge in [0.05, 0.1) is 10.7 Å². The molecule has 0 aliphatic heterocycles. The van der Waals surface area contributed by atoms with Gasteiger partial charge in [0.1, 0.15) is 10.7 Å². The summed E-state index contributed by atoms with van der Waals surface area (Å²) >= 11 is 11.1. The van der Waals surface area contributed by atoms with E-state index < -0.39 is 5.82 Å². The Morgan fingerprint density at radius 3 is 2.57 bits per heavy atom. The number of anilines is 1. The second kappa shape index (κ2) is 5.68. The number of nitrogens with two attached hydrogens (primary N) is 2. The number of hydrogen-bond donors (Lipinski definition) is 3. The van der Waals surface area contributed by atoms with Crippen molar-refractivity contribution in [3.05, 3.63) is 58.9 Å². The number of phenolic OH excluding ortho intramolecular Hbond substituents is 1. The van der Waals surface area contributed by atoms with Gasteiger partial charge in [0, 0.05) is 11.1 Å². The molecule has 3 aromatic rings. The highest BCUT2D eigenvalue weighted by molar-refractivity contribution is 7.80. The molecule has 3 rings (SSSR count). The third kappa shape index (κ3) is 2.58. The largest absolute Gasteiger partial charge is 0.508 e. The Bertz CT molecular complexity index is 959. The van der Waals surface area contributed by atoms with Crippen molar-refractivity contribution < 1.29 is 9.50 Å². The van der Waals surface area contributed by atoms with E-state index in [1.165, 1.54) is 12.1 Å². The maximum atomic E-state index is 14.8. The van der Waals surface area contributed by atoms with Gasteiger partial charge < -0.3 is 16.6 Å². The Hall–Kier alpha value is -2.37. The molecular formula is C17H12ClFN2OS. The maximum Gasteiger partial charge on any atom is 0.156 e. The SMILES string of the molecule is NC(=S)c1cc(Cl)c(-c2cc(O)cc3ccccc23)c(F)c1N. The van der Waals surface area contributed by atoms with Crippen LogP contribution in [-0.2, 0) is 0 Å². The number of hydrogen-bond acceptors (Lipinski definition) is 3. The first-order valence-electron chi connectivity index (χ1n) is 6.69. The van der Waals surface area contributed by atoms with E-state index in [-0.39, 0.29) is 32.6 Å². The lowest BCUT2D eigenvalue weighted by molar-refractivity contribution is 0.476. The van der Waals surface area contributed by atoms with Crippen molar-refractivity contribution in [3.63, 3.8) is 0 Å². The molecule has 0 aliphatic rings. The number of aromatic hydroxyl groups is 1. The zero-order valence-electron chi connectivity index (χ0n) is 11.8. The van der Waals surface area contributed by atoms with Crippen LogP contribution in [-0.4, -0.2) is 10.1 Å². The molecule has 3 aromatic carbocycles. The lowest BCUT2D eigenvalue weighted by Crippen LogP contribution is -2.14. The Kier molecular flexibility index (Phi) is 3.83. The van der Waals surface area contributed by atoms with Gasteiger partial charge in [-0.05, 0) is 34.5 Å². The Balaban J connectivity index is 2.41. The molecule has 5 N–H and O–H groups in total. The normalized spacial score (nSPS) is 10.9. The summed E-state index contributed by atoms with van der Waals surface area (Å²) in [5.41, 5.74) is 11.9. The number of benzene rings is 3. The molecule has 0 saturated carbocycles. The molecule has 6 heteroatoms. The van der Waals surface area contributed by atoms with Gasteiger partial charge in [-0.25, -0.2) is 4.39 Å². The zero-order valence-corrected chi connectivity index (χ0v) is 13.4. The van der Waals surface area contributed by atoms with Crippen LogP contribution < -0.4 is 11.5 Å². The van der Waals surface area contributed by atoms with Crippen LogP contribution in [0.1, 0.15) is 5.56 Å². The van der Waals surface area contributed by atoms with E-state index in [9.17, 15) is 9.50 Å². The van der Waals surface area contributed by atoms with Crippen molar-refractivity contribution >= 4 is 45.3 Å². The third-order valence-corrected chi connectivity index (χ3v) is 4.16. The van der Waals surface area contributed by atoms with E-state index in [1.54, 1.807) is 6.07 Å². The van der Waals surface area contributed by atoms with Crippen LogP contribution in [0.3, 0.4) is 0 Å². The summed E-state index contributed by atoms with van der Waals surface area (Å²) in [6.45, 7) is 0. The quantitative estimate of drug-likeness (QED) is 0.480. The highest BCUT2D eigenvalue weighted by Gasteiger charge is 2.20. The minimum absolute atomic E-state index is 0.00570. The first kappa shape index (κ1) is 15.5. The van der Waals surface area contributed by atoms with Crippen LogP contribution in [0.2, 0.25) is 5.02 Å². The molecule has 0 amide bonds. The summed E-state index contributed by atoms with van der Waals surface area (Å²) in [6, 6.07) is 11.8. The first-order chi connectivity index (χ1) is 10.9. The second-order valence-electron chi connectivity index (χ2n) is 5.09. The average Bonchev–Trinajstić information content (AvgIpc) is 2.50. The molecule has 0 aromatic heterocycles. The Labute approximate surface area is 142 Å². The highest BCUT2D eigenvalue weighted by Crippen LogP contribution is 2.40. The fourth-order valence-corrected chi connectivity index (χ4v) is 3.05. The lowest BCUT2D eigenvalue weighted by Gasteiger charge is -2.14. The molecule has 116 valence electrons. The molecule has 0 spiro atoms. The molecule has 0 aliphatic carbocycles. The third-order valence-electron chi connectivity index (χ3n) is 3.64. The van der Waals surface area contributed by atoms with Gasteiger partial charge in [0.15, 0.2) is 5.82 Å². The van der Waals surface area contributed by atoms with Crippen LogP contribution in [0.4, 0.5) is 10.1 Å². The van der Waals surface area contributed by atoms with Gasteiger partial charge in [-0.3, -0.25) is 0 Å². The van der Waals surface area contributed by atoms with Crippen molar-refractivity contribution in [2.45, 2.75) is 0 Å². The fourth-order valence-electron chi connectivity index (χ4n) is 2.59. The number of halogens is 2. The highest BCUT2D eigenvalue weighted by atomic mass is 35.5. The summed E-state index contributed by atoms with van der Waals surface area (Å²) in [6.07, 6.45) is 0. The second-order valence-corrected chi connectivity index (χ2v) is 5.93. The molecule has 0 atom stereocenters. The topological polar surface area (TPSA) is 72.3 Å². The predicted molar refractivity (Wildman–Crippen MR) is 96.3 cm³/mol. The number of phenols is 1. The van der Waals surface area contributed by atoms with Gasteiger partial charge in [-0.2, -0.15) is 0 Å². The molecule has 0 heterocycles. The van der Waals surface area contributed by atoms with Crippen molar-refractivity contribution in [1.82, 2.24) is 0 Å². The van der Waals surface area contributed by atoms with E-state index in [0.29, 0.717) is 5.56 Å². The predicted octanol–water partition coefficient (Wildman–Crippen LogP) is 4.22. The first-order valence-corrected chi connectivity index (χ1v) is 7.48. The molecule has 23 heavy (non-hydrogen) atoms. The Morgan fingerprint density at radius 2 is 1.87 bits per heavy atom. The average molecular weight is 347 g/mol. The standard InChI is InChI=1S/C17H12ClFN2OS/c18-13-7-12(17(21)23)16(20)15(19)14(13)11-6-9(22)5-8-3-1-2-4-10(8)11/h1-7,22H,20H2,(H2,21,23). The number of nitrogen functional groups attached to an aromatic ring is 1. The Morgan fingerprint density at radius 1 is 1.17 bits per heavy atom. The van der Waals surface area contributed by atoms with Gasteiger partial charge in [0.2, 0.25) is 0 Å². The molecule has 0 unspecified atom stereocenters. The van der Waals surface area contributed by atoms with E-state index in [1.807, 2.05) is 24.3 Å². The zero-order chi connectivity index (χ0) is 16.7. The number of fused-ring (bicyclic) bond motifs is 1. The smallest absolute Gasteiger partial charge is 0.156 e. The minimum atomic E-state index is -0.712. The molecule has 0 radical (unpaired) electrons. The van der Waals surface area contributed by atoms with Gasteiger partial charge in [0.25, 0.3) is 0 Å². The monoisotopic (exact) mass is 346 g/mol. The van der Waals surface area contributed by atoms with Gasteiger partial charge in [-0.1, -0.05) is 48.1 Å². The van der Waals surface area contributed by atoms with Gasteiger partial charge >= 0.3 is 0 Å². The van der Waals surface area contributed by atoms with E-state index >= 15 is 0 Å². The lowest BCUT2D eigenvalue weighted by atomic mass is 9.95. The molecule has 0 fully saturated rings. The fraction of sp³-hybridized carbons (Fsp3) is 0. The summed E-state index contributed by atoms with van der Waals surface area (Å²) in [5, 5.41) is 11.6. The molecule has 0 saturated heterocycles. The summed E-state index contributed by atoms with van der Waals surface area (Å²) in [4.78, 5) is -0.0318. The van der Waals surface area contributed by atoms with Crippen LogP contribution in [0.15, 0.2) is 42.5 Å². The molecule has 3 nitrogen and oxygen atoms in total. The summed E-state index contributed by atoms with van der Waals surface area (Å²) in [5.74, 6) is -0.706. The maximum absolute atomic E-state index is 14.8. The van der Waals surface area contributed by atoms with Crippen LogP contribution in [0.25, 0.3) is 21.9 Å². The van der Waals surface area contributed by atoms with E-state index in [4.69, 9.17) is 35.3 Å². The summed E-state index contributed by atoms with van der Waals surface area (Å²) < 4.78 is 14.8. The van der Waals surface area contributed by atoms with Crippen molar-refractivity contribution in [2.75, 3.05) is 5.73 Å².